The molecule has 0 aromatic carbocycles. The van der Waals surface area contributed by atoms with Gasteiger partial charge in [0, 0.05) is 50.5 Å². The Balaban J connectivity index is 0.00000243. The fourth-order valence-corrected chi connectivity index (χ4v) is 4.95. The second kappa shape index (κ2) is 11.4. The molecule has 7 heteroatoms. The first-order valence-electron chi connectivity index (χ1n) is 9.79. The van der Waals surface area contributed by atoms with Crippen LogP contribution >= 0.6 is 35.3 Å². The predicted molar refractivity (Wildman–Crippen MR) is 120 cm³/mol. The zero-order valence-electron chi connectivity index (χ0n) is 16.1. The lowest BCUT2D eigenvalue weighted by molar-refractivity contribution is 0.157. The van der Waals surface area contributed by atoms with Gasteiger partial charge in [-0.05, 0) is 45.4 Å². The quantitative estimate of drug-likeness (QED) is 0.274. The number of hydrogen-bond acceptors (Lipinski definition) is 4. The van der Waals surface area contributed by atoms with Crippen molar-refractivity contribution in [3.8, 4) is 0 Å². The molecule has 148 valence electrons. The van der Waals surface area contributed by atoms with Gasteiger partial charge in [-0.3, -0.25) is 4.99 Å². The number of hydrogen-bond donors (Lipinski definition) is 1. The Labute approximate surface area is 179 Å². The van der Waals surface area contributed by atoms with Gasteiger partial charge in [0.2, 0.25) is 0 Å². The third-order valence-electron chi connectivity index (χ3n) is 5.02. The first-order valence-corrected chi connectivity index (χ1v) is 10.6. The number of rotatable bonds is 7. The van der Waals surface area contributed by atoms with E-state index >= 15 is 0 Å². The topological polar surface area (TPSA) is 49.8 Å². The van der Waals surface area contributed by atoms with Gasteiger partial charge in [0.25, 0.3) is 0 Å². The highest BCUT2D eigenvalue weighted by Crippen LogP contribution is 2.27. The van der Waals surface area contributed by atoms with Gasteiger partial charge in [-0.2, -0.15) is 0 Å². The number of halogens is 1. The highest BCUT2D eigenvalue weighted by molar-refractivity contribution is 14.0. The van der Waals surface area contributed by atoms with E-state index in [1.165, 1.54) is 42.8 Å². The molecule has 1 aromatic heterocycles. The summed E-state index contributed by atoms with van der Waals surface area (Å²) in [7, 11) is 1.79. The summed E-state index contributed by atoms with van der Waals surface area (Å²) in [5.41, 5.74) is 1.38. The van der Waals surface area contributed by atoms with Crippen molar-refractivity contribution in [1.29, 1.82) is 0 Å². The van der Waals surface area contributed by atoms with Gasteiger partial charge in [-0.25, -0.2) is 4.98 Å². The highest BCUT2D eigenvalue weighted by atomic mass is 127. The molecule has 0 radical (unpaired) electrons. The standard InChI is InChI=1S/C19H32N4OS.HI/c1-3-20-19(23-12-10-15(13-23)14-24-2)21-11-6-9-18-22-16-7-4-5-8-17(16)25-18;/h15H,3-14H2,1-2H3,(H,20,21);1H. The maximum Gasteiger partial charge on any atom is 0.193 e. The van der Waals surface area contributed by atoms with Crippen molar-refractivity contribution in [1.82, 2.24) is 15.2 Å². The minimum Gasteiger partial charge on any atom is -0.384 e. The van der Waals surface area contributed by atoms with Gasteiger partial charge in [-0.15, -0.1) is 35.3 Å². The fourth-order valence-electron chi connectivity index (χ4n) is 3.75. The number of nitrogens with zero attached hydrogens (tertiary/aromatic N) is 3. The molecule has 0 saturated carbocycles. The summed E-state index contributed by atoms with van der Waals surface area (Å²) in [5, 5.41) is 4.76. The van der Waals surface area contributed by atoms with Crippen LogP contribution in [0.1, 0.15) is 48.2 Å². The monoisotopic (exact) mass is 492 g/mol. The van der Waals surface area contributed by atoms with E-state index in [2.05, 4.69) is 17.1 Å². The summed E-state index contributed by atoms with van der Waals surface area (Å²) >= 11 is 1.94. The average molecular weight is 492 g/mol. The third-order valence-corrected chi connectivity index (χ3v) is 6.24. The maximum atomic E-state index is 5.30. The molecule has 1 saturated heterocycles. The van der Waals surface area contributed by atoms with Crippen LogP contribution in [0.5, 0.6) is 0 Å². The van der Waals surface area contributed by atoms with E-state index in [0.29, 0.717) is 5.92 Å². The molecule has 2 heterocycles. The smallest absolute Gasteiger partial charge is 0.193 e. The molecule has 1 atom stereocenters. The molecule has 3 rings (SSSR count). The molecule has 1 N–H and O–H groups in total. The Hall–Kier alpha value is -0.410. The molecule has 1 unspecified atom stereocenters. The summed E-state index contributed by atoms with van der Waals surface area (Å²) in [6.45, 7) is 6.92. The van der Waals surface area contributed by atoms with E-state index in [1.807, 2.05) is 11.3 Å². The molecule has 0 spiro atoms. The van der Waals surface area contributed by atoms with E-state index < -0.39 is 0 Å². The minimum absolute atomic E-state index is 0. The van der Waals surface area contributed by atoms with Crippen molar-refractivity contribution in [3.63, 3.8) is 0 Å². The lowest BCUT2D eigenvalue weighted by atomic mass is 10.0. The number of aromatic nitrogens is 1. The molecule has 1 fully saturated rings. The van der Waals surface area contributed by atoms with Crippen LogP contribution in [0, 0.1) is 5.92 Å². The van der Waals surface area contributed by atoms with Crippen molar-refractivity contribution in [2.24, 2.45) is 10.9 Å². The summed E-state index contributed by atoms with van der Waals surface area (Å²) in [6.07, 6.45) is 8.42. The summed E-state index contributed by atoms with van der Waals surface area (Å²) in [6, 6.07) is 0. The highest BCUT2D eigenvalue weighted by Gasteiger charge is 2.24. The number of thiazole rings is 1. The first kappa shape index (κ1) is 21.9. The minimum atomic E-state index is 0. The Morgan fingerprint density at radius 1 is 1.38 bits per heavy atom. The zero-order chi connectivity index (χ0) is 17.5. The first-order chi connectivity index (χ1) is 12.3. The number of aliphatic imine (C=N–C) groups is 1. The SMILES string of the molecule is CCNC(=NCCCc1nc2c(s1)CCCC2)N1CCC(COC)C1.I. The van der Waals surface area contributed by atoms with Gasteiger partial charge >= 0.3 is 0 Å². The Bertz CT molecular complexity index is 554. The van der Waals surface area contributed by atoms with Crippen molar-refractivity contribution < 1.29 is 4.74 Å². The number of nitrogens with one attached hydrogen (secondary N) is 1. The molecule has 0 amide bonds. The van der Waals surface area contributed by atoms with E-state index in [9.17, 15) is 0 Å². The van der Waals surface area contributed by atoms with Gasteiger partial charge in [0.05, 0.1) is 17.3 Å². The van der Waals surface area contributed by atoms with Gasteiger partial charge in [0.1, 0.15) is 0 Å². The Morgan fingerprint density at radius 2 is 2.23 bits per heavy atom. The number of guanidine groups is 1. The van der Waals surface area contributed by atoms with Gasteiger partial charge in [-0.1, -0.05) is 0 Å². The zero-order valence-corrected chi connectivity index (χ0v) is 19.3. The second-order valence-electron chi connectivity index (χ2n) is 7.08. The lowest BCUT2D eigenvalue weighted by Crippen LogP contribution is -2.40. The molecule has 0 bridgehead atoms. The summed E-state index contributed by atoms with van der Waals surface area (Å²) in [5.74, 6) is 1.70. The van der Waals surface area contributed by atoms with Gasteiger partial charge < -0.3 is 15.0 Å². The van der Waals surface area contributed by atoms with Crippen molar-refractivity contribution in [3.05, 3.63) is 15.6 Å². The van der Waals surface area contributed by atoms with Crippen LogP contribution < -0.4 is 5.32 Å². The number of likely N-dealkylation sites (tertiary alicyclic amines) is 1. The van der Waals surface area contributed by atoms with E-state index in [4.69, 9.17) is 14.7 Å². The molecular weight excluding hydrogens is 459 g/mol. The second-order valence-corrected chi connectivity index (χ2v) is 8.25. The average Bonchev–Trinajstić information content (AvgIpc) is 3.24. The number of aryl methyl sites for hydroxylation is 3. The van der Waals surface area contributed by atoms with Crippen LogP contribution in [0.25, 0.3) is 0 Å². The van der Waals surface area contributed by atoms with Crippen LogP contribution in [-0.4, -0.2) is 55.7 Å². The maximum absolute atomic E-state index is 5.30. The van der Waals surface area contributed by atoms with Crippen LogP contribution in [0.2, 0.25) is 0 Å². The van der Waals surface area contributed by atoms with E-state index in [-0.39, 0.29) is 24.0 Å². The predicted octanol–water partition coefficient (Wildman–Crippen LogP) is 3.51. The fraction of sp³-hybridized carbons (Fsp3) is 0.789. The van der Waals surface area contributed by atoms with Crippen molar-refractivity contribution in [2.45, 2.75) is 51.9 Å². The molecular formula is C19H33IN4OS. The Morgan fingerprint density at radius 3 is 3.00 bits per heavy atom. The number of methoxy groups -OCH3 is 1. The van der Waals surface area contributed by atoms with Gasteiger partial charge in [0.15, 0.2) is 5.96 Å². The van der Waals surface area contributed by atoms with Crippen molar-refractivity contribution >= 4 is 41.3 Å². The van der Waals surface area contributed by atoms with E-state index in [0.717, 1.165) is 51.6 Å². The summed E-state index contributed by atoms with van der Waals surface area (Å²) in [4.78, 5) is 13.6. The normalized spacial score (nSPS) is 20.0. The lowest BCUT2D eigenvalue weighted by Gasteiger charge is -2.21. The van der Waals surface area contributed by atoms with Crippen molar-refractivity contribution in [2.75, 3.05) is 39.9 Å². The molecule has 5 nitrogen and oxygen atoms in total. The Kier molecular flexibility index (Phi) is 9.63. The van der Waals surface area contributed by atoms with Crippen LogP contribution in [0.3, 0.4) is 0 Å². The van der Waals surface area contributed by atoms with E-state index in [1.54, 1.807) is 12.0 Å². The molecule has 1 aliphatic heterocycles. The number of ether oxygens (including phenoxy) is 1. The van der Waals surface area contributed by atoms with Crippen LogP contribution in [0.4, 0.5) is 0 Å². The number of fused-ring (bicyclic) bond motifs is 1. The third kappa shape index (κ3) is 6.05. The van der Waals surface area contributed by atoms with Crippen LogP contribution in [-0.2, 0) is 24.0 Å². The largest absolute Gasteiger partial charge is 0.384 e. The summed E-state index contributed by atoms with van der Waals surface area (Å²) < 4.78 is 5.30. The van der Waals surface area contributed by atoms with Crippen LogP contribution in [0.15, 0.2) is 4.99 Å². The molecule has 1 aliphatic carbocycles. The molecule has 2 aliphatic rings. The molecule has 26 heavy (non-hydrogen) atoms. The molecule has 1 aromatic rings.